The molecule has 1 atom stereocenters. The monoisotopic (exact) mass is 407 g/mol. The van der Waals surface area contributed by atoms with Crippen molar-refractivity contribution >= 4 is 28.4 Å². The standard InChI is InChI=1S/C23H25N3O4/c1-24(2)11-7-12-26-20(18-10-6-13-30-18)19(22(28)23(26)29)21(27)16-14-25(3)17-9-5-4-8-15(16)17/h4-6,8-10,13-14,20,27H,7,11-12H2,1-3H3. The molecule has 156 valence electrons. The topological polar surface area (TPSA) is 78.9 Å². The van der Waals surface area contributed by atoms with Crippen LogP contribution in [-0.4, -0.2) is 58.3 Å². The summed E-state index contributed by atoms with van der Waals surface area (Å²) in [4.78, 5) is 29.4. The van der Waals surface area contributed by atoms with E-state index in [0.29, 0.717) is 24.3 Å². The average molecular weight is 407 g/mol. The minimum absolute atomic E-state index is 0.0659. The van der Waals surface area contributed by atoms with Gasteiger partial charge in [-0.2, -0.15) is 0 Å². The summed E-state index contributed by atoms with van der Waals surface area (Å²) in [5.41, 5.74) is 1.51. The zero-order valence-corrected chi connectivity index (χ0v) is 17.3. The molecule has 1 aromatic carbocycles. The molecule has 2 aromatic heterocycles. The van der Waals surface area contributed by atoms with Crippen molar-refractivity contribution in [2.45, 2.75) is 12.5 Å². The van der Waals surface area contributed by atoms with E-state index in [9.17, 15) is 14.7 Å². The van der Waals surface area contributed by atoms with Gasteiger partial charge >= 0.3 is 0 Å². The van der Waals surface area contributed by atoms with Gasteiger partial charge in [-0.3, -0.25) is 9.59 Å². The number of para-hydroxylation sites is 1. The number of benzene rings is 1. The Kier molecular flexibility index (Phi) is 5.22. The molecule has 30 heavy (non-hydrogen) atoms. The van der Waals surface area contributed by atoms with Crippen LogP contribution in [0, 0.1) is 0 Å². The van der Waals surface area contributed by atoms with Crippen LogP contribution in [0.1, 0.15) is 23.8 Å². The first-order chi connectivity index (χ1) is 14.4. The van der Waals surface area contributed by atoms with Crippen molar-refractivity contribution in [3.8, 4) is 0 Å². The number of ketones is 1. The third kappa shape index (κ3) is 3.31. The predicted molar refractivity (Wildman–Crippen MR) is 114 cm³/mol. The number of fused-ring (bicyclic) bond motifs is 1. The largest absolute Gasteiger partial charge is 0.507 e. The molecule has 3 heterocycles. The van der Waals surface area contributed by atoms with Gasteiger partial charge in [0.05, 0.1) is 11.8 Å². The first kappa shape index (κ1) is 20.0. The summed E-state index contributed by atoms with van der Waals surface area (Å²) in [6.45, 7) is 1.16. The van der Waals surface area contributed by atoms with Gasteiger partial charge in [-0.25, -0.2) is 0 Å². The molecule has 7 nitrogen and oxygen atoms in total. The van der Waals surface area contributed by atoms with Crippen LogP contribution in [0.4, 0.5) is 0 Å². The maximum atomic E-state index is 13.0. The maximum Gasteiger partial charge on any atom is 0.295 e. The molecule has 1 aliphatic heterocycles. The Morgan fingerprint density at radius 3 is 2.63 bits per heavy atom. The molecule has 1 N–H and O–H groups in total. The van der Waals surface area contributed by atoms with Crippen LogP contribution in [0.25, 0.3) is 16.7 Å². The average Bonchev–Trinajstić information content (AvgIpc) is 3.42. The summed E-state index contributed by atoms with van der Waals surface area (Å²) < 4.78 is 7.46. The van der Waals surface area contributed by atoms with Crippen LogP contribution in [0.15, 0.2) is 58.8 Å². The van der Waals surface area contributed by atoms with Gasteiger partial charge in [-0.05, 0) is 45.3 Å². The van der Waals surface area contributed by atoms with Gasteiger partial charge in [0.25, 0.3) is 11.7 Å². The number of Topliss-reactive ketones (excluding diaryl/α,β-unsaturated/α-hetero) is 1. The van der Waals surface area contributed by atoms with Crippen molar-refractivity contribution in [3.05, 3.63) is 65.8 Å². The molecule has 0 aliphatic carbocycles. The van der Waals surface area contributed by atoms with Gasteiger partial charge in [0.2, 0.25) is 0 Å². The summed E-state index contributed by atoms with van der Waals surface area (Å²) in [5.74, 6) is -1.02. The normalized spacial score (nSPS) is 18.8. The highest BCUT2D eigenvalue weighted by Crippen LogP contribution is 2.40. The van der Waals surface area contributed by atoms with Gasteiger partial charge in [0.1, 0.15) is 17.6 Å². The second kappa shape index (κ2) is 7.84. The first-order valence-corrected chi connectivity index (χ1v) is 9.91. The zero-order valence-electron chi connectivity index (χ0n) is 17.3. The molecular formula is C23H25N3O4. The molecule has 0 spiro atoms. The van der Waals surface area contributed by atoms with Crippen molar-refractivity contribution in [2.24, 2.45) is 7.05 Å². The van der Waals surface area contributed by atoms with Crippen LogP contribution in [0.5, 0.6) is 0 Å². The number of carbonyl (C=O) groups excluding carboxylic acids is 2. The van der Waals surface area contributed by atoms with E-state index in [1.807, 2.05) is 54.9 Å². The first-order valence-electron chi connectivity index (χ1n) is 9.91. The second-order valence-electron chi connectivity index (χ2n) is 7.84. The number of carbonyl (C=O) groups is 2. The summed E-state index contributed by atoms with van der Waals surface area (Å²) in [7, 11) is 5.79. The third-order valence-corrected chi connectivity index (χ3v) is 5.51. The van der Waals surface area contributed by atoms with E-state index in [1.165, 1.54) is 11.2 Å². The molecular weight excluding hydrogens is 382 g/mol. The third-order valence-electron chi connectivity index (χ3n) is 5.51. The summed E-state index contributed by atoms with van der Waals surface area (Å²) >= 11 is 0. The molecule has 1 saturated heterocycles. The Bertz CT molecular complexity index is 1120. The fourth-order valence-corrected chi connectivity index (χ4v) is 4.09. The maximum absolute atomic E-state index is 13.0. The number of nitrogens with zero attached hydrogens (tertiary/aromatic N) is 3. The Hall–Kier alpha value is -3.32. The number of aromatic nitrogens is 1. The van der Waals surface area contributed by atoms with Gasteiger partial charge in [0, 0.05) is 36.3 Å². The van der Waals surface area contributed by atoms with Crippen LogP contribution >= 0.6 is 0 Å². The van der Waals surface area contributed by atoms with Gasteiger partial charge < -0.3 is 23.9 Å². The number of likely N-dealkylation sites (tertiary alicyclic amines) is 1. The minimum atomic E-state index is -0.749. The van der Waals surface area contributed by atoms with E-state index in [2.05, 4.69) is 0 Å². The van der Waals surface area contributed by atoms with Crippen molar-refractivity contribution in [3.63, 3.8) is 0 Å². The number of rotatable bonds is 6. The highest BCUT2D eigenvalue weighted by atomic mass is 16.3. The van der Waals surface area contributed by atoms with E-state index in [-0.39, 0.29) is 11.3 Å². The number of aryl methyl sites for hydroxylation is 1. The van der Waals surface area contributed by atoms with Gasteiger partial charge in [-0.1, -0.05) is 18.2 Å². The van der Waals surface area contributed by atoms with Crippen LogP contribution in [0.2, 0.25) is 0 Å². The van der Waals surface area contributed by atoms with E-state index in [4.69, 9.17) is 4.42 Å². The lowest BCUT2D eigenvalue weighted by molar-refractivity contribution is -0.140. The Labute approximate surface area is 174 Å². The quantitative estimate of drug-likeness (QED) is 0.386. The fraction of sp³-hybridized carbons (Fsp3) is 0.304. The molecule has 1 aliphatic rings. The molecule has 0 radical (unpaired) electrons. The van der Waals surface area contributed by atoms with Gasteiger partial charge in [-0.15, -0.1) is 0 Å². The second-order valence-corrected chi connectivity index (χ2v) is 7.84. The molecule has 0 saturated carbocycles. The van der Waals surface area contributed by atoms with E-state index >= 15 is 0 Å². The van der Waals surface area contributed by atoms with E-state index in [1.54, 1.807) is 18.3 Å². The molecule has 7 heteroatoms. The van der Waals surface area contributed by atoms with Gasteiger partial charge in [0.15, 0.2) is 0 Å². The zero-order chi connectivity index (χ0) is 21.4. The number of hydrogen-bond acceptors (Lipinski definition) is 5. The summed E-state index contributed by atoms with van der Waals surface area (Å²) in [6.07, 6.45) is 3.98. The van der Waals surface area contributed by atoms with E-state index in [0.717, 1.165) is 17.4 Å². The van der Waals surface area contributed by atoms with Crippen molar-refractivity contribution in [2.75, 3.05) is 27.2 Å². The molecule has 1 amide bonds. The lowest BCUT2D eigenvalue weighted by atomic mass is 9.99. The lowest BCUT2D eigenvalue weighted by Crippen LogP contribution is -2.32. The molecule has 1 unspecified atom stereocenters. The smallest absolute Gasteiger partial charge is 0.295 e. The molecule has 1 fully saturated rings. The number of amides is 1. The van der Waals surface area contributed by atoms with Crippen LogP contribution in [-0.2, 0) is 16.6 Å². The number of aliphatic hydroxyl groups excluding tert-OH is 1. The van der Waals surface area contributed by atoms with Crippen LogP contribution < -0.4 is 0 Å². The summed E-state index contributed by atoms with van der Waals surface area (Å²) in [5, 5.41) is 12.1. The predicted octanol–water partition coefficient (Wildman–Crippen LogP) is 3.14. The van der Waals surface area contributed by atoms with E-state index < -0.39 is 17.7 Å². The highest BCUT2D eigenvalue weighted by molar-refractivity contribution is 6.46. The van der Waals surface area contributed by atoms with Crippen molar-refractivity contribution < 1.29 is 19.1 Å². The Morgan fingerprint density at radius 2 is 1.93 bits per heavy atom. The highest BCUT2D eigenvalue weighted by Gasteiger charge is 2.47. The lowest BCUT2D eigenvalue weighted by Gasteiger charge is -2.23. The number of aliphatic hydroxyl groups is 1. The minimum Gasteiger partial charge on any atom is -0.507 e. The Balaban J connectivity index is 1.83. The Morgan fingerprint density at radius 1 is 1.17 bits per heavy atom. The van der Waals surface area contributed by atoms with Crippen molar-refractivity contribution in [1.82, 2.24) is 14.4 Å². The van der Waals surface area contributed by atoms with Crippen molar-refractivity contribution in [1.29, 1.82) is 0 Å². The number of hydrogen-bond donors (Lipinski definition) is 1. The van der Waals surface area contributed by atoms with Crippen LogP contribution in [0.3, 0.4) is 0 Å². The molecule has 0 bridgehead atoms. The SMILES string of the molecule is CN(C)CCCN1C(=O)C(=O)C(=C(O)c2cn(C)c3ccccc23)C1c1ccco1. The molecule has 4 rings (SSSR count). The summed E-state index contributed by atoms with van der Waals surface area (Å²) in [6, 6.07) is 10.3. The molecule has 3 aromatic rings. The number of furan rings is 1. The fourth-order valence-electron chi connectivity index (χ4n) is 4.09.